The molecule has 0 spiro atoms. The number of carbonyl (C=O) groups is 1. The number of hydrogen-bond donors (Lipinski definition) is 2. The lowest BCUT2D eigenvalue weighted by Crippen LogP contribution is -2.34. The molecule has 0 radical (unpaired) electrons. The summed E-state index contributed by atoms with van der Waals surface area (Å²) in [4.78, 5) is 30.1. The Bertz CT molecular complexity index is 1220. The second-order valence-corrected chi connectivity index (χ2v) is 7.63. The van der Waals surface area contributed by atoms with Gasteiger partial charge in [0.25, 0.3) is 11.5 Å². The lowest BCUT2D eigenvalue weighted by atomic mass is 10.1. The molecule has 6 nitrogen and oxygen atoms in total. The fraction of sp³-hybridized carbons (Fsp3) is 0.136. The Morgan fingerprint density at radius 1 is 1.17 bits per heavy atom. The Labute approximate surface area is 171 Å². The Hall–Kier alpha value is -3.45. The number of pyridine rings is 2. The molecule has 0 unspecified atom stereocenters. The molecular weight excluding hydrogens is 386 g/mol. The second-order valence-electron chi connectivity index (χ2n) is 6.71. The number of benzene rings is 1. The molecule has 0 bridgehead atoms. The molecule has 3 heterocycles. The Balaban J connectivity index is 1.76. The van der Waals surface area contributed by atoms with Crippen LogP contribution in [0.15, 0.2) is 71.1 Å². The van der Waals surface area contributed by atoms with E-state index in [0.29, 0.717) is 16.8 Å². The topological polar surface area (TPSA) is 84.2 Å². The van der Waals surface area contributed by atoms with Crippen LogP contribution in [0.4, 0.5) is 0 Å². The standard InChI is InChI=1S/C22H19N3O3S/c1-14(16-7-10-23-11-8-16)24-21(27)18-19(26)20-17(9-12-29-20)25(22(18)28)13-15-5-3-2-4-6-15/h2-12,14,26H,13H2,1H3,(H,24,27)/t14-/m1/s1. The smallest absolute Gasteiger partial charge is 0.268 e. The highest BCUT2D eigenvalue weighted by Crippen LogP contribution is 2.31. The van der Waals surface area contributed by atoms with Crippen LogP contribution >= 0.6 is 11.3 Å². The Morgan fingerprint density at radius 2 is 1.90 bits per heavy atom. The first-order valence-corrected chi connectivity index (χ1v) is 10.0. The zero-order valence-corrected chi connectivity index (χ0v) is 16.5. The third kappa shape index (κ3) is 3.64. The number of thiophene rings is 1. The van der Waals surface area contributed by atoms with Gasteiger partial charge in [-0.25, -0.2) is 0 Å². The van der Waals surface area contributed by atoms with Crippen molar-refractivity contribution in [2.45, 2.75) is 19.5 Å². The average molecular weight is 405 g/mol. The van der Waals surface area contributed by atoms with Crippen molar-refractivity contribution in [3.8, 4) is 5.75 Å². The van der Waals surface area contributed by atoms with Gasteiger partial charge in [-0.2, -0.15) is 0 Å². The monoisotopic (exact) mass is 405 g/mol. The Morgan fingerprint density at radius 3 is 2.62 bits per heavy atom. The van der Waals surface area contributed by atoms with Crippen molar-refractivity contribution in [2.24, 2.45) is 0 Å². The maximum atomic E-state index is 13.2. The van der Waals surface area contributed by atoms with Gasteiger partial charge in [0.15, 0.2) is 5.75 Å². The van der Waals surface area contributed by atoms with Crippen molar-refractivity contribution in [1.82, 2.24) is 14.9 Å². The van der Waals surface area contributed by atoms with Crippen LogP contribution in [0, 0.1) is 0 Å². The summed E-state index contributed by atoms with van der Waals surface area (Å²) < 4.78 is 2.05. The molecule has 0 saturated heterocycles. The number of nitrogens with zero attached hydrogens (tertiary/aromatic N) is 2. The minimum atomic E-state index is -0.603. The fourth-order valence-corrected chi connectivity index (χ4v) is 4.13. The Kier molecular flexibility index (Phi) is 5.14. The first-order valence-electron chi connectivity index (χ1n) is 9.14. The van der Waals surface area contributed by atoms with Gasteiger partial charge in [0.2, 0.25) is 0 Å². The van der Waals surface area contributed by atoms with Crippen LogP contribution in [0.3, 0.4) is 0 Å². The van der Waals surface area contributed by atoms with Crippen LogP contribution in [-0.2, 0) is 6.54 Å². The molecule has 146 valence electrons. The van der Waals surface area contributed by atoms with Gasteiger partial charge >= 0.3 is 0 Å². The van der Waals surface area contributed by atoms with Crippen molar-refractivity contribution in [1.29, 1.82) is 0 Å². The van der Waals surface area contributed by atoms with Gasteiger partial charge in [-0.3, -0.25) is 14.6 Å². The fourth-order valence-electron chi connectivity index (χ4n) is 3.28. The van der Waals surface area contributed by atoms with E-state index < -0.39 is 11.5 Å². The predicted molar refractivity (Wildman–Crippen MR) is 113 cm³/mol. The van der Waals surface area contributed by atoms with Crippen molar-refractivity contribution < 1.29 is 9.90 Å². The summed E-state index contributed by atoms with van der Waals surface area (Å²) in [6.07, 6.45) is 3.28. The number of fused-ring (bicyclic) bond motifs is 1. The molecule has 0 aliphatic rings. The van der Waals surface area contributed by atoms with Crippen LogP contribution in [0.5, 0.6) is 5.75 Å². The van der Waals surface area contributed by atoms with Gasteiger partial charge in [0, 0.05) is 12.4 Å². The first kappa shape index (κ1) is 18.9. The molecule has 29 heavy (non-hydrogen) atoms. The number of rotatable bonds is 5. The summed E-state index contributed by atoms with van der Waals surface area (Å²) in [5, 5.41) is 15.3. The molecule has 1 amide bonds. The maximum absolute atomic E-state index is 13.2. The third-order valence-corrected chi connectivity index (χ3v) is 5.72. The summed E-state index contributed by atoms with van der Waals surface area (Å²) in [6, 6.07) is 14.6. The highest BCUT2D eigenvalue weighted by molar-refractivity contribution is 7.17. The van der Waals surface area contributed by atoms with Crippen molar-refractivity contribution in [2.75, 3.05) is 0 Å². The average Bonchev–Trinajstić information content (AvgIpc) is 3.23. The van der Waals surface area contributed by atoms with Crippen molar-refractivity contribution >= 4 is 27.5 Å². The van der Waals surface area contributed by atoms with Crippen LogP contribution in [0.2, 0.25) is 0 Å². The second kappa shape index (κ2) is 7.89. The van der Waals surface area contributed by atoms with Crippen molar-refractivity contribution in [3.05, 3.63) is 93.3 Å². The van der Waals surface area contributed by atoms with E-state index >= 15 is 0 Å². The van der Waals surface area contributed by atoms with Gasteiger partial charge < -0.3 is 15.0 Å². The quantitative estimate of drug-likeness (QED) is 0.530. The molecule has 4 aromatic rings. The molecule has 0 saturated carbocycles. The zero-order valence-electron chi connectivity index (χ0n) is 15.7. The largest absolute Gasteiger partial charge is 0.505 e. The van der Waals surface area contributed by atoms with E-state index in [9.17, 15) is 14.7 Å². The maximum Gasteiger partial charge on any atom is 0.268 e. The molecular formula is C22H19N3O3S. The van der Waals surface area contributed by atoms with E-state index in [1.807, 2.05) is 37.3 Å². The third-order valence-electron chi connectivity index (χ3n) is 4.81. The number of aromatic nitrogens is 2. The molecule has 4 rings (SSSR count). The summed E-state index contributed by atoms with van der Waals surface area (Å²) >= 11 is 1.30. The summed E-state index contributed by atoms with van der Waals surface area (Å²) in [5.41, 5.74) is 1.65. The van der Waals surface area contributed by atoms with Crippen LogP contribution in [-0.4, -0.2) is 20.6 Å². The molecule has 2 N–H and O–H groups in total. The van der Waals surface area contributed by atoms with E-state index in [4.69, 9.17) is 0 Å². The summed E-state index contributed by atoms with van der Waals surface area (Å²) in [6.45, 7) is 2.13. The number of hydrogen-bond acceptors (Lipinski definition) is 5. The molecule has 1 atom stereocenters. The molecule has 3 aromatic heterocycles. The number of carbonyl (C=O) groups excluding carboxylic acids is 1. The highest BCUT2D eigenvalue weighted by atomic mass is 32.1. The predicted octanol–water partition coefficient (Wildman–Crippen LogP) is 3.70. The molecule has 0 aliphatic heterocycles. The highest BCUT2D eigenvalue weighted by Gasteiger charge is 2.24. The summed E-state index contributed by atoms with van der Waals surface area (Å²) in [7, 11) is 0. The van der Waals surface area contributed by atoms with E-state index in [-0.39, 0.29) is 17.4 Å². The van der Waals surface area contributed by atoms with E-state index in [2.05, 4.69) is 10.3 Å². The van der Waals surface area contributed by atoms with Gasteiger partial charge in [0.1, 0.15) is 5.56 Å². The number of nitrogens with one attached hydrogen (secondary N) is 1. The SMILES string of the molecule is C[C@@H](NC(=O)c1c(O)c2sccc2n(Cc2ccccc2)c1=O)c1ccncc1. The van der Waals surface area contributed by atoms with Crippen LogP contribution in [0.1, 0.15) is 34.5 Å². The van der Waals surface area contributed by atoms with Gasteiger partial charge in [0.05, 0.1) is 22.8 Å². The lowest BCUT2D eigenvalue weighted by molar-refractivity contribution is 0.0935. The van der Waals surface area contributed by atoms with Gasteiger partial charge in [-0.05, 0) is 41.6 Å². The first-order chi connectivity index (χ1) is 14.1. The lowest BCUT2D eigenvalue weighted by Gasteiger charge is -2.16. The molecule has 0 aliphatic carbocycles. The van der Waals surface area contributed by atoms with Crippen LogP contribution < -0.4 is 10.9 Å². The number of amides is 1. The van der Waals surface area contributed by atoms with Crippen molar-refractivity contribution in [3.63, 3.8) is 0 Å². The minimum absolute atomic E-state index is 0.239. The molecule has 0 fully saturated rings. The van der Waals surface area contributed by atoms with E-state index in [1.165, 1.54) is 15.9 Å². The molecule has 1 aromatic carbocycles. The summed E-state index contributed by atoms with van der Waals surface area (Å²) in [5.74, 6) is -0.877. The van der Waals surface area contributed by atoms with Gasteiger partial charge in [-0.1, -0.05) is 30.3 Å². The zero-order chi connectivity index (χ0) is 20.4. The van der Waals surface area contributed by atoms with E-state index in [1.54, 1.807) is 36.0 Å². The van der Waals surface area contributed by atoms with Crippen LogP contribution in [0.25, 0.3) is 10.2 Å². The van der Waals surface area contributed by atoms with Gasteiger partial charge in [-0.15, -0.1) is 11.3 Å². The van der Waals surface area contributed by atoms with E-state index in [0.717, 1.165) is 11.1 Å². The normalized spacial score (nSPS) is 12.0. The molecule has 7 heteroatoms. The minimum Gasteiger partial charge on any atom is -0.505 e. The number of aromatic hydroxyl groups is 1.